The maximum absolute atomic E-state index is 3.46. The lowest BCUT2D eigenvalue weighted by Gasteiger charge is -2.08. The molecule has 1 rings (SSSR count). The van der Waals surface area contributed by atoms with E-state index in [1.54, 1.807) is 0 Å². The minimum Gasteiger partial charge on any atom is -0.0648 e. The third-order valence-electron chi connectivity index (χ3n) is 2.03. The van der Waals surface area contributed by atoms with Crippen molar-refractivity contribution in [3.05, 3.63) is 34.3 Å². The molecular formula is C10H13Br. The van der Waals surface area contributed by atoms with Gasteiger partial charge in [0, 0.05) is 4.47 Å². The summed E-state index contributed by atoms with van der Waals surface area (Å²) in [6.07, 6.45) is 1.20. The first-order chi connectivity index (χ1) is 5.24. The Morgan fingerprint density at radius 3 is 2.73 bits per heavy atom. The molecule has 0 spiro atoms. The Balaban J connectivity index is 2.86. The molecule has 1 heteroatoms. The van der Waals surface area contributed by atoms with E-state index in [1.807, 2.05) is 0 Å². The molecule has 11 heavy (non-hydrogen) atoms. The van der Waals surface area contributed by atoms with Crippen LogP contribution < -0.4 is 0 Å². The summed E-state index contributed by atoms with van der Waals surface area (Å²) >= 11 is 3.46. The molecule has 0 saturated carbocycles. The van der Waals surface area contributed by atoms with E-state index >= 15 is 0 Å². The summed E-state index contributed by atoms with van der Waals surface area (Å²) in [6.45, 7) is 4.47. The van der Waals surface area contributed by atoms with Crippen molar-refractivity contribution >= 4 is 15.9 Å². The monoisotopic (exact) mass is 212 g/mol. The molecule has 0 aromatic heterocycles. The maximum atomic E-state index is 3.46. The predicted molar refractivity (Wildman–Crippen MR) is 52.8 cm³/mol. The van der Waals surface area contributed by atoms with Gasteiger partial charge in [0.05, 0.1) is 0 Å². The number of benzene rings is 1. The van der Waals surface area contributed by atoms with Crippen LogP contribution in [0.15, 0.2) is 28.7 Å². The number of hydrogen-bond donors (Lipinski definition) is 0. The first-order valence-electron chi connectivity index (χ1n) is 3.99. The van der Waals surface area contributed by atoms with Gasteiger partial charge in [-0.3, -0.25) is 0 Å². The second-order valence-electron chi connectivity index (χ2n) is 2.86. The molecule has 60 valence electrons. The first-order valence-corrected chi connectivity index (χ1v) is 4.78. The Bertz CT molecular complexity index is 230. The molecule has 0 N–H and O–H groups in total. The van der Waals surface area contributed by atoms with Crippen LogP contribution in [0.3, 0.4) is 0 Å². The molecule has 0 heterocycles. The maximum Gasteiger partial charge on any atom is 0.0178 e. The summed E-state index contributed by atoms with van der Waals surface area (Å²) in [5, 5.41) is 0. The lowest BCUT2D eigenvalue weighted by atomic mass is 9.99. The summed E-state index contributed by atoms with van der Waals surface area (Å²) in [6, 6.07) is 8.52. The molecule has 0 fully saturated rings. The summed E-state index contributed by atoms with van der Waals surface area (Å²) in [7, 11) is 0. The van der Waals surface area contributed by atoms with Crippen molar-refractivity contribution in [2.45, 2.75) is 26.2 Å². The van der Waals surface area contributed by atoms with Crippen LogP contribution in [0.4, 0.5) is 0 Å². The first kappa shape index (κ1) is 8.79. The molecule has 1 aromatic carbocycles. The molecule has 0 aliphatic carbocycles. The molecule has 1 atom stereocenters. The van der Waals surface area contributed by atoms with Gasteiger partial charge in [0.15, 0.2) is 0 Å². The molecule has 0 nitrogen and oxygen atoms in total. The molecular weight excluding hydrogens is 200 g/mol. The van der Waals surface area contributed by atoms with Gasteiger partial charge in [-0.25, -0.2) is 0 Å². The van der Waals surface area contributed by atoms with Gasteiger partial charge in [0.25, 0.3) is 0 Å². The third kappa shape index (κ3) is 2.33. The highest BCUT2D eigenvalue weighted by atomic mass is 79.9. The van der Waals surface area contributed by atoms with E-state index in [0.29, 0.717) is 5.92 Å². The third-order valence-corrected chi connectivity index (χ3v) is 2.52. The second-order valence-corrected chi connectivity index (χ2v) is 3.78. The number of rotatable bonds is 2. The average molecular weight is 213 g/mol. The van der Waals surface area contributed by atoms with E-state index < -0.39 is 0 Å². The summed E-state index contributed by atoms with van der Waals surface area (Å²) < 4.78 is 1.18. The molecule has 1 aromatic rings. The van der Waals surface area contributed by atoms with Crippen LogP contribution in [0.25, 0.3) is 0 Å². The zero-order chi connectivity index (χ0) is 8.27. The zero-order valence-electron chi connectivity index (χ0n) is 6.97. The Morgan fingerprint density at radius 1 is 1.45 bits per heavy atom. The van der Waals surface area contributed by atoms with Crippen molar-refractivity contribution in [2.75, 3.05) is 0 Å². The van der Waals surface area contributed by atoms with Gasteiger partial charge in [0.2, 0.25) is 0 Å². The normalized spacial score (nSPS) is 13.0. The van der Waals surface area contributed by atoms with Crippen molar-refractivity contribution in [3.8, 4) is 0 Å². The van der Waals surface area contributed by atoms with Gasteiger partial charge >= 0.3 is 0 Å². The fraction of sp³-hybridized carbons (Fsp3) is 0.400. The Labute approximate surface area is 76.8 Å². The van der Waals surface area contributed by atoms with Crippen LogP contribution in [-0.2, 0) is 0 Å². The van der Waals surface area contributed by atoms with Gasteiger partial charge in [-0.1, -0.05) is 41.9 Å². The summed E-state index contributed by atoms with van der Waals surface area (Å²) in [5.74, 6) is 0.674. The Kier molecular flexibility index (Phi) is 3.13. The molecule has 0 saturated heterocycles. The Hall–Kier alpha value is -0.300. The van der Waals surface area contributed by atoms with Crippen LogP contribution in [0.5, 0.6) is 0 Å². The highest BCUT2D eigenvalue weighted by Crippen LogP contribution is 2.21. The summed E-state index contributed by atoms with van der Waals surface area (Å²) in [5.41, 5.74) is 1.42. The molecule has 0 radical (unpaired) electrons. The van der Waals surface area contributed by atoms with Crippen molar-refractivity contribution in [1.82, 2.24) is 0 Å². The van der Waals surface area contributed by atoms with E-state index in [4.69, 9.17) is 0 Å². The largest absolute Gasteiger partial charge is 0.0648 e. The van der Waals surface area contributed by atoms with Gasteiger partial charge < -0.3 is 0 Å². The molecule has 0 bridgehead atoms. The van der Waals surface area contributed by atoms with Crippen molar-refractivity contribution < 1.29 is 0 Å². The minimum absolute atomic E-state index is 0.674. The summed E-state index contributed by atoms with van der Waals surface area (Å²) in [4.78, 5) is 0. The average Bonchev–Trinajstić information content (AvgIpc) is 2.03. The van der Waals surface area contributed by atoms with Crippen LogP contribution in [0.2, 0.25) is 0 Å². The highest BCUT2D eigenvalue weighted by molar-refractivity contribution is 9.10. The van der Waals surface area contributed by atoms with Crippen molar-refractivity contribution in [2.24, 2.45) is 0 Å². The predicted octanol–water partition coefficient (Wildman–Crippen LogP) is 3.96. The van der Waals surface area contributed by atoms with Crippen LogP contribution in [0, 0.1) is 0 Å². The Morgan fingerprint density at radius 2 is 2.18 bits per heavy atom. The molecule has 0 aliphatic heterocycles. The van der Waals surface area contributed by atoms with E-state index in [-0.39, 0.29) is 0 Å². The van der Waals surface area contributed by atoms with Crippen molar-refractivity contribution in [3.63, 3.8) is 0 Å². The van der Waals surface area contributed by atoms with Gasteiger partial charge in [-0.15, -0.1) is 0 Å². The lowest BCUT2D eigenvalue weighted by Crippen LogP contribution is -1.89. The fourth-order valence-corrected chi connectivity index (χ4v) is 1.47. The van der Waals surface area contributed by atoms with E-state index in [9.17, 15) is 0 Å². The van der Waals surface area contributed by atoms with Crippen molar-refractivity contribution in [1.29, 1.82) is 0 Å². The highest BCUT2D eigenvalue weighted by Gasteiger charge is 2.01. The quantitative estimate of drug-likeness (QED) is 0.697. The lowest BCUT2D eigenvalue weighted by molar-refractivity contribution is 0.733. The zero-order valence-corrected chi connectivity index (χ0v) is 8.56. The van der Waals surface area contributed by atoms with E-state index in [1.165, 1.54) is 16.5 Å². The van der Waals surface area contributed by atoms with Gasteiger partial charge in [-0.2, -0.15) is 0 Å². The number of halogens is 1. The van der Waals surface area contributed by atoms with Crippen LogP contribution >= 0.6 is 15.9 Å². The standard InChI is InChI=1S/C10H13Br/c1-3-8(2)9-5-4-6-10(11)7-9/h4-8H,3H2,1-2H3. The van der Waals surface area contributed by atoms with E-state index in [0.717, 1.165) is 0 Å². The van der Waals surface area contributed by atoms with E-state index in [2.05, 4.69) is 54.0 Å². The SMILES string of the molecule is CCC(C)c1cccc(Br)c1. The minimum atomic E-state index is 0.674. The number of hydrogen-bond acceptors (Lipinski definition) is 0. The fourth-order valence-electron chi connectivity index (χ4n) is 1.05. The van der Waals surface area contributed by atoms with Crippen LogP contribution in [0.1, 0.15) is 31.7 Å². The molecule has 0 aliphatic rings. The second kappa shape index (κ2) is 3.91. The smallest absolute Gasteiger partial charge is 0.0178 e. The molecule has 0 amide bonds. The molecule has 1 unspecified atom stereocenters. The van der Waals surface area contributed by atoms with Gasteiger partial charge in [0.1, 0.15) is 0 Å². The van der Waals surface area contributed by atoms with Gasteiger partial charge in [-0.05, 0) is 30.0 Å². The topological polar surface area (TPSA) is 0 Å². The van der Waals surface area contributed by atoms with Crippen LogP contribution in [-0.4, -0.2) is 0 Å².